The zero-order valence-electron chi connectivity index (χ0n) is 18.5. The molecular formula is C30H23N2+. The van der Waals surface area contributed by atoms with E-state index in [2.05, 4.69) is 115 Å². The Morgan fingerprint density at radius 2 is 1.50 bits per heavy atom. The fourth-order valence-corrected chi connectivity index (χ4v) is 5.62. The first-order valence-electron chi connectivity index (χ1n) is 11.2. The van der Waals surface area contributed by atoms with Gasteiger partial charge in [0.15, 0.2) is 6.20 Å². The molecule has 2 nitrogen and oxygen atoms in total. The van der Waals surface area contributed by atoms with E-state index in [1.54, 1.807) is 0 Å². The number of nitrogens with zero attached hydrogens (tertiary/aromatic N) is 2. The largest absolute Gasteiger partial charge is 0.307 e. The van der Waals surface area contributed by atoms with E-state index in [1.807, 2.05) is 0 Å². The smallest absolute Gasteiger partial charge is 0.224 e. The fraction of sp³-hybridized carbons (Fsp3) is 0.100. The number of hydrogen-bond donors (Lipinski definition) is 0. The van der Waals surface area contributed by atoms with Gasteiger partial charge in [0, 0.05) is 16.8 Å². The lowest BCUT2D eigenvalue weighted by atomic mass is 9.96. The van der Waals surface area contributed by atoms with Gasteiger partial charge in [-0.1, -0.05) is 54.6 Å². The summed E-state index contributed by atoms with van der Waals surface area (Å²) in [7, 11) is 2.17. The monoisotopic (exact) mass is 411 g/mol. The Bertz CT molecular complexity index is 1840. The van der Waals surface area contributed by atoms with E-state index in [-0.39, 0.29) is 0 Å². The van der Waals surface area contributed by atoms with Crippen LogP contribution >= 0.6 is 0 Å². The first-order chi connectivity index (χ1) is 15.6. The van der Waals surface area contributed by atoms with E-state index in [4.69, 9.17) is 0 Å². The summed E-state index contributed by atoms with van der Waals surface area (Å²) in [6, 6.07) is 29.1. The SMILES string of the molecule is Cc1ccc2c3ccc(C)c4c3n(c2c1)c1cc(-c2ccccc2)cc2cc[n+](C)c4c21. The lowest BCUT2D eigenvalue weighted by molar-refractivity contribution is -0.643. The van der Waals surface area contributed by atoms with Gasteiger partial charge in [-0.15, -0.1) is 0 Å². The van der Waals surface area contributed by atoms with Crippen LogP contribution in [0.2, 0.25) is 0 Å². The fourth-order valence-electron chi connectivity index (χ4n) is 5.62. The van der Waals surface area contributed by atoms with Gasteiger partial charge < -0.3 is 4.40 Å². The highest BCUT2D eigenvalue weighted by Crippen LogP contribution is 2.42. The highest BCUT2D eigenvalue weighted by Gasteiger charge is 2.24. The van der Waals surface area contributed by atoms with Crippen LogP contribution in [0.25, 0.3) is 60.1 Å². The summed E-state index contributed by atoms with van der Waals surface area (Å²) in [6.07, 6.45) is 2.21. The highest BCUT2D eigenvalue weighted by atomic mass is 15.0. The lowest BCUT2D eigenvalue weighted by Crippen LogP contribution is -2.28. The van der Waals surface area contributed by atoms with Gasteiger partial charge in [-0.25, -0.2) is 4.57 Å². The van der Waals surface area contributed by atoms with E-state index < -0.39 is 0 Å². The summed E-state index contributed by atoms with van der Waals surface area (Å²) in [4.78, 5) is 0. The van der Waals surface area contributed by atoms with Crippen LogP contribution in [0.1, 0.15) is 11.1 Å². The Kier molecular flexibility index (Phi) is 3.37. The number of hydrogen-bond acceptors (Lipinski definition) is 0. The van der Waals surface area contributed by atoms with Gasteiger partial charge in [0.2, 0.25) is 5.52 Å². The van der Waals surface area contributed by atoms with Gasteiger partial charge in [-0.3, -0.25) is 0 Å². The van der Waals surface area contributed by atoms with Crippen LogP contribution in [-0.4, -0.2) is 4.40 Å². The third kappa shape index (κ3) is 2.17. The molecule has 0 unspecified atom stereocenters. The highest BCUT2D eigenvalue weighted by molar-refractivity contribution is 6.26. The second-order valence-corrected chi connectivity index (χ2v) is 9.11. The maximum Gasteiger partial charge on any atom is 0.224 e. The van der Waals surface area contributed by atoms with Crippen LogP contribution in [-0.2, 0) is 7.05 Å². The molecule has 3 heterocycles. The summed E-state index contributed by atoms with van der Waals surface area (Å²) < 4.78 is 4.81. The van der Waals surface area contributed by atoms with Gasteiger partial charge in [0.05, 0.1) is 27.3 Å². The molecule has 0 aliphatic heterocycles. The normalized spacial score (nSPS) is 12.2. The second-order valence-electron chi connectivity index (χ2n) is 9.11. The molecule has 0 spiro atoms. The van der Waals surface area contributed by atoms with E-state index in [0.717, 1.165) is 0 Å². The average Bonchev–Trinajstić information content (AvgIpc) is 3.13. The summed E-state index contributed by atoms with van der Waals surface area (Å²) >= 11 is 0. The summed E-state index contributed by atoms with van der Waals surface area (Å²) in [5.74, 6) is 0. The lowest BCUT2D eigenvalue weighted by Gasteiger charge is -2.14. The molecule has 2 heteroatoms. The number of pyridine rings is 2. The molecule has 0 radical (unpaired) electrons. The van der Waals surface area contributed by atoms with Gasteiger partial charge in [0.1, 0.15) is 7.05 Å². The number of rotatable bonds is 1. The van der Waals surface area contributed by atoms with Crippen molar-refractivity contribution in [3.05, 3.63) is 96.2 Å². The van der Waals surface area contributed by atoms with Crippen molar-refractivity contribution < 1.29 is 4.57 Å². The third-order valence-electron chi connectivity index (χ3n) is 7.09. The predicted octanol–water partition coefficient (Wildman–Crippen LogP) is 7.10. The van der Waals surface area contributed by atoms with Gasteiger partial charge in [-0.05, 0) is 59.7 Å². The maximum atomic E-state index is 2.52. The zero-order valence-corrected chi connectivity index (χ0v) is 18.5. The molecule has 0 fully saturated rings. The Labute approximate surface area is 186 Å². The average molecular weight is 412 g/mol. The van der Waals surface area contributed by atoms with Crippen molar-refractivity contribution in [2.24, 2.45) is 7.05 Å². The molecule has 32 heavy (non-hydrogen) atoms. The summed E-state index contributed by atoms with van der Waals surface area (Å²) in [5.41, 5.74) is 10.3. The van der Waals surface area contributed by atoms with Gasteiger partial charge in [0.25, 0.3) is 0 Å². The molecule has 0 amide bonds. The third-order valence-corrected chi connectivity index (χ3v) is 7.09. The van der Waals surface area contributed by atoms with Crippen LogP contribution in [0.3, 0.4) is 0 Å². The summed E-state index contributed by atoms with van der Waals surface area (Å²) in [5, 5.41) is 6.61. The van der Waals surface area contributed by atoms with Crippen molar-refractivity contribution in [1.29, 1.82) is 0 Å². The molecule has 0 atom stereocenters. The van der Waals surface area contributed by atoms with Crippen molar-refractivity contribution in [2.75, 3.05) is 0 Å². The minimum Gasteiger partial charge on any atom is -0.307 e. The Morgan fingerprint density at radius 3 is 2.34 bits per heavy atom. The molecule has 0 bridgehead atoms. The molecule has 7 rings (SSSR count). The standard InChI is InChI=1S/C30H23N2/c1-18-9-11-23-24-12-10-19(2)27-29(24)32(25(23)15-18)26-17-22(20-7-5-4-6-8-20)16-21-13-14-31(3)30(27)28(21)26/h4-17H,1-3H3/q+1. The van der Waals surface area contributed by atoms with Crippen LogP contribution in [0.15, 0.2) is 85.1 Å². The molecule has 7 aromatic rings. The van der Waals surface area contributed by atoms with E-state index in [0.29, 0.717) is 0 Å². The molecule has 3 aromatic heterocycles. The van der Waals surface area contributed by atoms with Crippen LogP contribution < -0.4 is 4.57 Å². The Hall–Kier alpha value is -3.91. The molecule has 4 aromatic carbocycles. The van der Waals surface area contributed by atoms with Crippen molar-refractivity contribution in [3.8, 4) is 11.1 Å². The summed E-state index contributed by atoms with van der Waals surface area (Å²) in [6.45, 7) is 4.42. The van der Waals surface area contributed by atoms with E-state index in [1.165, 1.54) is 71.3 Å². The van der Waals surface area contributed by atoms with Crippen molar-refractivity contribution in [2.45, 2.75) is 13.8 Å². The van der Waals surface area contributed by atoms with Crippen LogP contribution in [0.5, 0.6) is 0 Å². The Balaban J connectivity index is 1.86. The second kappa shape index (κ2) is 6.08. The predicted molar refractivity (Wildman–Crippen MR) is 135 cm³/mol. The molecular weight excluding hydrogens is 388 g/mol. The van der Waals surface area contributed by atoms with Gasteiger partial charge >= 0.3 is 0 Å². The molecule has 0 saturated carbocycles. The topological polar surface area (TPSA) is 8.29 Å². The van der Waals surface area contributed by atoms with Crippen LogP contribution in [0, 0.1) is 13.8 Å². The number of aromatic nitrogens is 2. The molecule has 0 aliphatic rings. The maximum absolute atomic E-state index is 2.52. The number of benzene rings is 4. The van der Waals surface area contributed by atoms with Crippen molar-refractivity contribution in [3.63, 3.8) is 0 Å². The first-order valence-corrected chi connectivity index (χ1v) is 11.2. The molecule has 0 saturated heterocycles. The minimum absolute atomic E-state index is 1.25. The molecule has 152 valence electrons. The molecule has 0 N–H and O–H groups in total. The zero-order chi connectivity index (χ0) is 21.6. The van der Waals surface area contributed by atoms with Crippen molar-refractivity contribution in [1.82, 2.24) is 4.40 Å². The molecule has 0 aliphatic carbocycles. The van der Waals surface area contributed by atoms with E-state index in [9.17, 15) is 0 Å². The quantitative estimate of drug-likeness (QED) is 0.155. The van der Waals surface area contributed by atoms with E-state index >= 15 is 0 Å². The van der Waals surface area contributed by atoms with Crippen molar-refractivity contribution >= 4 is 49.0 Å². The van der Waals surface area contributed by atoms with Gasteiger partial charge in [-0.2, -0.15) is 0 Å². The minimum atomic E-state index is 1.25. The number of aryl methyl sites for hydroxylation is 3. The number of fused-ring (bicyclic) bond motifs is 5. The Morgan fingerprint density at radius 1 is 0.688 bits per heavy atom. The van der Waals surface area contributed by atoms with Crippen LogP contribution in [0.4, 0.5) is 0 Å². The first kappa shape index (κ1) is 17.7.